The molecule has 0 saturated carbocycles. The van der Waals surface area contributed by atoms with Crippen LogP contribution in [0.5, 0.6) is 0 Å². The van der Waals surface area contributed by atoms with Crippen molar-refractivity contribution in [1.29, 1.82) is 0 Å². The Kier molecular flexibility index (Phi) is 3.47. The molecule has 5 nitrogen and oxygen atoms in total. The van der Waals surface area contributed by atoms with Crippen LogP contribution in [0.1, 0.15) is 26.5 Å². The van der Waals surface area contributed by atoms with E-state index in [4.69, 9.17) is 5.11 Å². The monoisotopic (exact) mass is 211 g/mol. The van der Waals surface area contributed by atoms with Gasteiger partial charge in [0, 0.05) is 23.9 Å². The van der Waals surface area contributed by atoms with Gasteiger partial charge in [-0.15, -0.1) is 0 Å². The maximum atomic E-state index is 11.0. The van der Waals surface area contributed by atoms with Crippen LogP contribution in [0.25, 0.3) is 0 Å². The highest BCUT2D eigenvalue weighted by Crippen LogP contribution is 2.05. The Morgan fingerprint density at radius 2 is 2.33 bits per heavy atom. The fraction of sp³-hybridized carbons (Fsp3) is 0.600. The lowest BCUT2D eigenvalue weighted by Gasteiger charge is -2.25. The van der Waals surface area contributed by atoms with E-state index in [9.17, 15) is 4.79 Å². The molecule has 0 aliphatic carbocycles. The molecule has 15 heavy (non-hydrogen) atoms. The van der Waals surface area contributed by atoms with Crippen LogP contribution in [-0.2, 0) is 11.2 Å². The maximum Gasteiger partial charge on any atom is 0.321 e. The van der Waals surface area contributed by atoms with Crippen LogP contribution < -0.4 is 5.32 Å². The van der Waals surface area contributed by atoms with E-state index in [0.717, 1.165) is 5.69 Å². The minimum Gasteiger partial charge on any atom is -0.480 e. The summed E-state index contributed by atoms with van der Waals surface area (Å²) in [7, 11) is 0. The van der Waals surface area contributed by atoms with Crippen LogP contribution in [0.15, 0.2) is 12.5 Å². The Morgan fingerprint density at radius 3 is 2.73 bits per heavy atom. The smallest absolute Gasteiger partial charge is 0.321 e. The van der Waals surface area contributed by atoms with Crippen LogP contribution in [0.3, 0.4) is 0 Å². The van der Waals surface area contributed by atoms with Crippen molar-refractivity contribution in [1.82, 2.24) is 15.3 Å². The molecule has 0 fully saturated rings. The van der Waals surface area contributed by atoms with E-state index in [2.05, 4.69) is 15.3 Å². The van der Waals surface area contributed by atoms with Gasteiger partial charge in [0.25, 0.3) is 0 Å². The molecule has 84 valence electrons. The van der Waals surface area contributed by atoms with E-state index < -0.39 is 12.0 Å². The normalized spacial score (nSPS) is 13.8. The molecule has 0 saturated heterocycles. The third kappa shape index (κ3) is 4.12. The van der Waals surface area contributed by atoms with E-state index in [1.807, 2.05) is 20.8 Å². The predicted octanol–water partition coefficient (Wildman–Crippen LogP) is 0.793. The molecule has 0 aliphatic heterocycles. The predicted molar refractivity (Wildman–Crippen MR) is 56.6 cm³/mol. The summed E-state index contributed by atoms with van der Waals surface area (Å²) in [6.07, 6.45) is 3.60. The number of nitrogens with one attached hydrogen (secondary N) is 2. The molecule has 0 bridgehead atoms. The van der Waals surface area contributed by atoms with Crippen LogP contribution in [0, 0.1) is 0 Å². The molecule has 1 atom stereocenters. The second kappa shape index (κ2) is 4.44. The van der Waals surface area contributed by atoms with E-state index in [0.29, 0.717) is 6.42 Å². The Bertz CT molecular complexity index is 314. The zero-order valence-corrected chi connectivity index (χ0v) is 9.24. The molecule has 0 aliphatic rings. The van der Waals surface area contributed by atoms with Crippen molar-refractivity contribution in [3.05, 3.63) is 18.2 Å². The van der Waals surface area contributed by atoms with Gasteiger partial charge in [-0.05, 0) is 20.8 Å². The van der Waals surface area contributed by atoms with Crippen LogP contribution in [0.2, 0.25) is 0 Å². The van der Waals surface area contributed by atoms with Gasteiger partial charge < -0.3 is 10.1 Å². The lowest BCUT2D eigenvalue weighted by atomic mass is 10.0. The van der Waals surface area contributed by atoms with Gasteiger partial charge in [-0.3, -0.25) is 10.1 Å². The Hall–Kier alpha value is -1.36. The first-order valence-corrected chi connectivity index (χ1v) is 4.86. The number of carboxylic acid groups (broad SMARTS) is 1. The third-order valence-electron chi connectivity index (χ3n) is 1.88. The molecule has 0 aromatic carbocycles. The van der Waals surface area contributed by atoms with Crippen LogP contribution >= 0.6 is 0 Å². The fourth-order valence-corrected chi connectivity index (χ4v) is 1.34. The number of hydrogen-bond donors (Lipinski definition) is 3. The molecule has 0 amide bonds. The summed E-state index contributed by atoms with van der Waals surface area (Å²) in [5.41, 5.74) is 0.599. The molecule has 1 rings (SSSR count). The summed E-state index contributed by atoms with van der Waals surface area (Å²) >= 11 is 0. The third-order valence-corrected chi connectivity index (χ3v) is 1.88. The van der Waals surface area contributed by atoms with Crippen molar-refractivity contribution in [2.75, 3.05) is 0 Å². The number of carboxylic acids is 1. The topological polar surface area (TPSA) is 78.0 Å². The first-order valence-electron chi connectivity index (χ1n) is 4.86. The standard InChI is InChI=1S/C10H17N3O2/c1-10(2,3)13-8(9(14)15)4-7-5-11-6-12-7/h5-6,8,13H,4H2,1-3H3,(H,11,12)(H,14,15)/t8-/m0/s1. The lowest BCUT2D eigenvalue weighted by molar-refractivity contribution is -0.140. The molecule has 5 heteroatoms. The summed E-state index contributed by atoms with van der Waals surface area (Å²) in [5.74, 6) is -0.848. The summed E-state index contributed by atoms with van der Waals surface area (Å²) in [6, 6.07) is -0.592. The van der Waals surface area contributed by atoms with Crippen molar-refractivity contribution >= 4 is 5.97 Å². The minimum atomic E-state index is -0.848. The zero-order valence-electron chi connectivity index (χ0n) is 9.24. The molecule has 1 aromatic rings. The van der Waals surface area contributed by atoms with E-state index in [1.165, 1.54) is 0 Å². The number of aromatic nitrogens is 2. The lowest BCUT2D eigenvalue weighted by Crippen LogP contribution is -2.48. The van der Waals surface area contributed by atoms with Crippen LogP contribution in [-0.4, -0.2) is 32.6 Å². The van der Waals surface area contributed by atoms with Crippen molar-refractivity contribution in [2.24, 2.45) is 0 Å². The largest absolute Gasteiger partial charge is 0.480 e. The van der Waals surface area contributed by atoms with Crippen molar-refractivity contribution < 1.29 is 9.90 Å². The highest BCUT2D eigenvalue weighted by molar-refractivity contribution is 5.73. The number of H-pyrrole nitrogens is 1. The number of rotatable bonds is 4. The Balaban J connectivity index is 2.63. The van der Waals surface area contributed by atoms with Gasteiger partial charge in [-0.2, -0.15) is 0 Å². The van der Waals surface area contributed by atoms with Gasteiger partial charge in [0.2, 0.25) is 0 Å². The van der Waals surface area contributed by atoms with Gasteiger partial charge in [0.15, 0.2) is 0 Å². The summed E-state index contributed by atoms with van der Waals surface area (Å²) in [6.45, 7) is 5.82. The molecule has 0 unspecified atom stereocenters. The number of aliphatic carboxylic acids is 1. The first-order chi connectivity index (χ1) is 6.88. The molecular weight excluding hydrogens is 194 g/mol. The zero-order chi connectivity index (χ0) is 11.5. The quantitative estimate of drug-likeness (QED) is 0.688. The molecule has 3 N–H and O–H groups in total. The summed E-state index contributed by atoms with van der Waals surface area (Å²) in [4.78, 5) is 17.8. The molecule has 0 spiro atoms. The van der Waals surface area contributed by atoms with Crippen LogP contribution in [0.4, 0.5) is 0 Å². The van der Waals surface area contributed by atoms with Gasteiger partial charge in [-0.25, -0.2) is 4.98 Å². The minimum absolute atomic E-state index is 0.219. The molecule has 1 aromatic heterocycles. The number of hydrogen-bond acceptors (Lipinski definition) is 3. The summed E-state index contributed by atoms with van der Waals surface area (Å²) in [5, 5.41) is 12.1. The SMILES string of the molecule is CC(C)(C)N[C@@H](Cc1cnc[nH]1)C(=O)O. The molecule has 1 heterocycles. The number of imidazole rings is 1. The van der Waals surface area contributed by atoms with E-state index in [-0.39, 0.29) is 5.54 Å². The molecule has 0 radical (unpaired) electrons. The first kappa shape index (κ1) is 11.7. The van der Waals surface area contributed by atoms with E-state index >= 15 is 0 Å². The Morgan fingerprint density at radius 1 is 1.67 bits per heavy atom. The van der Waals surface area contributed by atoms with Gasteiger partial charge >= 0.3 is 5.97 Å². The average molecular weight is 211 g/mol. The Labute approximate surface area is 88.9 Å². The fourth-order valence-electron chi connectivity index (χ4n) is 1.34. The second-order valence-corrected chi connectivity index (χ2v) is 4.57. The second-order valence-electron chi connectivity index (χ2n) is 4.57. The average Bonchev–Trinajstić information content (AvgIpc) is 2.52. The van der Waals surface area contributed by atoms with Gasteiger partial charge in [0.1, 0.15) is 6.04 Å². The van der Waals surface area contributed by atoms with E-state index in [1.54, 1.807) is 12.5 Å². The van der Waals surface area contributed by atoms with Crippen molar-refractivity contribution in [3.63, 3.8) is 0 Å². The molecular formula is C10H17N3O2. The highest BCUT2D eigenvalue weighted by Gasteiger charge is 2.23. The number of carbonyl (C=O) groups is 1. The van der Waals surface area contributed by atoms with Gasteiger partial charge in [0.05, 0.1) is 6.33 Å². The van der Waals surface area contributed by atoms with Gasteiger partial charge in [-0.1, -0.05) is 0 Å². The van der Waals surface area contributed by atoms with Crippen molar-refractivity contribution in [2.45, 2.75) is 38.8 Å². The summed E-state index contributed by atoms with van der Waals surface area (Å²) < 4.78 is 0. The highest BCUT2D eigenvalue weighted by atomic mass is 16.4. The maximum absolute atomic E-state index is 11.0. The number of aromatic amines is 1. The van der Waals surface area contributed by atoms with Crippen molar-refractivity contribution in [3.8, 4) is 0 Å². The number of nitrogens with zero attached hydrogens (tertiary/aromatic N) is 1.